The second kappa shape index (κ2) is 5.48. The van der Waals surface area contributed by atoms with E-state index in [4.69, 9.17) is 10.8 Å². The van der Waals surface area contributed by atoms with Gasteiger partial charge in [-0.25, -0.2) is 4.79 Å². The zero-order chi connectivity index (χ0) is 13.0. The maximum absolute atomic E-state index is 11.6. The Labute approximate surface area is 100 Å². The van der Waals surface area contributed by atoms with E-state index >= 15 is 0 Å². The van der Waals surface area contributed by atoms with Crippen molar-refractivity contribution in [3.05, 3.63) is 28.8 Å². The average Bonchev–Trinajstić information content (AvgIpc) is 2.23. The van der Waals surface area contributed by atoms with E-state index in [-0.39, 0.29) is 17.8 Å². The van der Waals surface area contributed by atoms with Crippen LogP contribution in [0.25, 0.3) is 0 Å². The molecule has 3 N–H and O–H groups in total. The van der Waals surface area contributed by atoms with Gasteiger partial charge in [-0.05, 0) is 36.6 Å². The van der Waals surface area contributed by atoms with Crippen LogP contribution in [0.5, 0.6) is 0 Å². The third kappa shape index (κ3) is 3.31. The minimum Gasteiger partial charge on any atom is -0.478 e. The lowest BCUT2D eigenvalue weighted by Gasteiger charge is -2.10. The maximum atomic E-state index is 11.6. The smallest absolute Gasteiger partial charge is 0.335 e. The number of carboxylic acid groups (broad SMARTS) is 1. The summed E-state index contributed by atoms with van der Waals surface area (Å²) in [6.45, 7) is 3.72. The number of rotatable bonds is 5. The molecule has 0 radical (unpaired) electrons. The number of carboxylic acids is 1. The van der Waals surface area contributed by atoms with Crippen molar-refractivity contribution in [1.29, 1.82) is 0 Å². The molecule has 0 spiro atoms. The van der Waals surface area contributed by atoms with Crippen LogP contribution in [0.4, 0.5) is 5.69 Å². The van der Waals surface area contributed by atoms with Gasteiger partial charge in [-0.2, -0.15) is 0 Å². The number of aromatic carboxylic acids is 1. The van der Waals surface area contributed by atoms with Gasteiger partial charge >= 0.3 is 5.97 Å². The van der Waals surface area contributed by atoms with Crippen LogP contribution in [0.15, 0.2) is 12.1 Å². The standard InChI is InChI=1S/C13H17NO3/c1-3-4-10(15)7-11-8(2)5-9(13(16)17)6-12(11)14/h5-6H,3-4,7,14H2,1-2H3,(H,16,17). The molecule has 0 atom stereocenters. The highest BCUT2D eigenvalue weighted by molar-refractivity contribution is 5.90. The molecule has 0 saturated carbocycles. The highest BCUT2D eigenvalue weighted by Crippen LogP contribution is 2.21. The van der Waals surface area contributed by atoms with Gasteiger partial charge in [0.2, 0.25) is 0 Å². The van der Waals surface area contributed by atoms with Gasteiger partial charge in [0.15, 0.2) is 0 Å². The van der Waals surface area contributed by atoms with Crippen LogP contribution in [-0.4, -0.2) is 16.9 Å². The van der Waals surface area contributed by atoms with E-state index in [2.05, 4.69) is 0 Å². The molecular formula is C13H17NO3. The van der Waals surface area contributed by atoms with Crippen molar-refractivity contribution in [3.63, 3.8) is 0 Å². The molecule has 0 fully saturated rings. The minimum absolute atomic E-state index is 0.130. The summed E-state index contributed by atoms with van der Waals surface area (Å²) in [7, 11) is 0. The molecule has 0 aromatic heterocycles. The third-order valence-electron chi connectivity index (χ3n) is 2.66. The molecule has 0 aliphatic carbocycles. The minimum atomic E-state index is -1.01. The maximum Gasteiger partial charge on any atom is 0.335 e. The van der Waals surface area contributed by atoms with E-state index in [9.17, 15) is 9.59 Å². The van der Waals surface area contributed by atoms with E-state index in [1.54, 1.807) is 13.0 Å². The second-order valence-corrected chi connectivity index (χ2v) is 4.13. The molecule has 1 rings (SSSR count). The SMILES string of the molecule is CCCC(=O)Cc1c(C)cc(C(=O)O)cc1N. The number of hydrogen-bond donors (Lipinski definition) is 2. The first-order valence-electron chi connectivity index (χ1n) is 5.59. The molecule has 4 nitrogen and oxygen atoms in total. The number of benzene rings is 1. The summed E-state index contributed by atoms with van der Waals surface area (Å²) >= 11 is 0. The van der Waals surface area contributed by atoms with E-state index in [1.807, 2.05) is 6.92 Å². The molecule has 92 valence electrons. The van der Waals surface area contributed by atoms with Crippen LogP contribution in [-0.2, 0) is 11.2 Å². The molecule has 4 heteroatoms. The van der Waals surface area contributed by atoms with E-state index < -0.39 is 5.97 Å². The van der Waals surface area contributed by atoms with Crippen LogP contribution >= 0.6 is 0 Å². The molecule has 0 bridgehead atoms. The Morgan fingerprint density at radius 1 is 1.35 bits per heavy atom. The Kier molecular flexibility index (Phi) is 4.26. The zero-order valence-electron chi connectivity index (χ0n) is 10.1. The lowest BCUT2D eigenvalue weighted by atomic mass is 9.97. The molecule has 1 aromatic rings. The molecule has 0 aliphatic heterocycles. The van der Waals surface area contributed by atoms with Gasteiger partial charge in [0.1, 0.15) is 5.78 Å². The number of anilines is 1. The molecule has 0 saturated heterocycles. The first kappa shape index (κ1) is 13.2. The highest BCUT2D eigenvalue weighted by atomic mass is 16.4. The number of nitrogen functional groups attached to an aromatic ring is 1. The largest absolute Gasteiger partial charge is 0.478 e. The normalized spacial score (nSPS) is 10.2. The molecule has 0 aliphatic rings. The van der Waals surface area contributed by atoms with Crippen molar-refractivity contribution in [1.82, 2.24) is 0 Å². The van der Waals surface area contributed by atoms with E-state index in [0.29, 0.717) is 12.1 Å². The number of Topliss-reactive ketones (excluding diaryl/α,β-unsaturated/α-hetero) is 1. The topological polar surface area (TPSA) is 80.4 Å². The average molecular weight is 235 g/mol. The summed E-state index contributed by atoms with van der Waals surface area (Å²) in [5.41, 5.74) is 7.83. The van der Waals surface area contributed by atoms with Crippen LogP contribution in [0.2, 0.25) is 0 Å². The third-order valence-corrected chi connectivity index (χ3v) is 2.66. The van der Waals surface area contributed by atoms with Gasteiger partial charge in [0, 0.05) is 18.5 Å². The summed E-state index contributed by atoms with van der Waals surface area (Å²) in [6.07, 6.45) is 1.62. The van der Waals surface area contributed by atoms with Gasteiger partial charge in [-0.1, -0.05) is 6.92 Å². The molecular weight excluding hydrogens is 218 g/mol. The number of ketones is 1. The quantitative estimate of drug-likeness (QED) is 0.766. The Morgan fingerprint density at radius 3 is 2.47 bits per heavy atom. The van der Waals surface area contributed by atoms with Crippen LogP contribution in [0.3, 0.4) is 0 Å². The predicted molar refractivity (Wildman–Crippen MR) is 66.2 cm³/mol. The zero-order valence-corrected chi connectivity index (χ0v) is 10.1. The van der Waals surface area contributed by atoms with Crippen molar-refractivity contribution in [2.75, 3.05) is 5.73 Å². The van der Waals surface area contributed by atoms with Gasteiger partial charge in [0.05, 0.1) is 5.56 Å². The lowest BCUT2D eigenvalue weighted by Crippen LogP contribution is -2.08. The van der Waals surface area contributed by atoms with Crippen molar-refractivity contribution in [3.8, 4) is 0 Å². The number of carbonyl (C=O) groups excluding carboxylic acids is 1. The monoisotopic (exact) mass is 235 g/mol. The van der Waals surface area contributed by atoms with E-state index in [1.165, 1.54) is 6.07 Å². The Balaban J connectivity index is 3.01. The van der Waals surface area contributed by atoms with Gasteiger partial charge in [-0.3, -0.25) is 4.79 Å². The first-order chi connectivity index (χ1) is 7.95. The first-order valence-corrected chi connectivity index (χ1v) is 5.59. The fourth-order valence-corrected chi connectivity index (χ4v) is 1.77. The molecule has 0 amide bonds. The van der Waals surface area contributed by atoms with Crippen molar-refractivity contribution < 1.29 is 14.7 Å². The lowest BCUT2D eigenvalue weighted by molar-refractivity contribution is -0.118. The number of carbonyl (C=O) groups is 2. The van der Waals surface area contributed by atoms with Gasteiger partial charge < -0.3 is 10.8 Å². The summed E-state index contributed by atoms with van der Waals surface area (Å²) in [4.78, 5) is 22.4. The van der Waals surface area contributed by atoms with E-state index in [0.717, 1.165) is 17.5 Å². The Morgan fingerprint density at radius 2 is 2.00 bits per heavy atom. The van der Waals surface area contributed by atoms with Crippen LogP contribution < -0.4 is 5.73 Å². The number of nitrogens with two attached hydrogens (primary N) is 1. The Bertz CT molecular complexity index is 429. The molecule has 1 aromatic carbocycles. The molecule has 0 unspecified atom stereocenters. The fourth-order valence-electron chi connectivity index (χ4n) is 1.77. The van der Waals surface area contributed by atoms with Gasteiger partial charge in [-0.15, -0.1) is 0 Å². The van der Waals surface area contributed by atoms with Crippen LogP contribution in [0.1, 0.15) is 41.3 Å². The van der Waals surface area contributed by atoms with Crippen molar-refractivity contribution >= 4 is 17.4 Å². The summed E-state index contributed by atoms with van der Waals surface area (Å²) in [6, 6.07) is 2.96. The highest BCUT2D eigenvalue weighted by Gasteiger charge is 2.12. The number of aryl methyl sites for hydroxylation is 1. The van der Waals surface area contributed by atoms with Gasteiger partial charge in [0.25, 0.3) is 0 Å². The van der Waals surface area contributed by atoms with Crippen molar-refractivity contribution in [2.45, 2.75) is 33.1 Å². The Hall–Kier alpha value is -1.84. The summed E-state index contributed by atoms with van der Waals surface area (Å²) < 4.78 is 0. The number of hydrogen-bond acceptors (Lipinski definition) is 3. The molecule has 0 heterocycles. The fraction of sp³-hybridized carbons (Fsp3) is 0.385. The molecule has 17 heavy (non-hydrogen) atoms. The summed E-state index contributed by atoms with van der Waals surface area (Å²) in [5, 5.41) is 8.87. The predicted octanol–water partition coefficient (Wildman–Crippen LogP) is 2.19. The van der Waals surface area contributed by atoms with Crippen LogP contribution in [0, 0.1) is 6.92 Å². The summed E-state index contributed by atoms with van der Waals surface area (Å²) in [5.74, 6) is -0.878. The van der Waals surface area contributed by atoms with Crippen molar-refractivity contribution in [2.24, 2.45) is 0 Å². The second-order valence-electron chi connectivity index (χ2n) is 4.13.